The lowest BCUT2D eigenvalue weighted by Crippen LogP contribution is -2.48. The molecular weight excluding hydrogens is 434 g/mol. The molecule has 1 aromatic heterocycles. The quantitative estimate of drug-likeness (QED) is 0.260. The smallest absolute Gasteiger partial charge is 0.326 e. The summed E-state index contributed by atoms with van der Waals surface area (Å²) in [5.41, 5.74) is 6.59. The van der Waals surface area contributed by atoms with E-state index in [4.69, 9.17) is 10.8 Å². The zero-order valence-corrected chi connectivity index (χ0v) is 17.8. The van der Waals surface area contributed by atoms with E-state index in [0.29, 0.717) is 24.6 Å². The first-order valence-electron chi connectivity index (χ1n) is 10.1. The number of benzene rings is 1. The molecule has 8 N–H and O–H groups in total. The Bertz CT molecular complexity index is 1100. The third kappa shape index (κ3) is 5.70. The Morgan fingerprint density at radius 1 is 1.27 bits per heavy atom. The normalized spacial score (nSPS) is 15.7. The van der Waals surface area contributed by atoms with Crippen molar-refractivity contribution >= 4 is 41.0 Å². The summed E-state index contributed by atoms with van der Waals surface area (Å²) in [6.07, 6.45) is -0.586. The zero-order valence-electron chi connectivity index (χ0n) is 17.8. The van der Waals surface area contributed by atoms with Crippen LogP contribution in [0.15, 0.2) is 29.1 Å². The van der Waals surface area contributed by atoms with Crippen molar-refractivity contribution in [2.24, 2.45) is 0 Å². The van der Waals surface area contributed by atoms with E-state index in [9.17, 15) is 24.3 Å². The molecule has 176 valence electrons. The number of aromatic nitrogens is 2. The van der Waals surface area contributed by atoms with Crippen LogP contribution in [-0.2, 0) is 9.59 Å². The minimum Gasteiger partial charge on any atom is -0.481 e. The van der Waals surface area contributed by atoms with Crippen LogP contribution >= 0.6 is 0 Å². The molecule has 0 saturated heterocycles. The first-order valence-corrected chi connectivity index (χ1v) is 10.1. The molecule has 1 aliphatic heterocycles. The van der Waals surface area contributed by atoms with Crippen LogP contribution in [0.4, 0.5) is 23.1 Å². The van der Waals surface area contributed by atoms with Gasteiger partial charge in [0.1, 0.15) is 11.7 Å². The number of likely N-dealkylation sites (N-methyl/N-ethyl adjacent to an activating group) is 1. The number of amides is 1. The Morgan fingerprint density at radius 2 is 1.97 bits per heavy atom. The molecule has 0 spiro atoms. The van der Waals surface area contributed by atoms with Crippen LogP contribution in [0.1, 0.15) is 23.2 Å². The van der Waals surface area contributed by atoms with Crippen LogP contribution < -0.4 is 32.1 Å². The zero-order chi connectivity index (χ0) is 24.1. The number of carboxylic acid groups (broad SMARTS) is 2. The number of nitrogens with two attached hydrogens (primary N) is 1. The van der Waals surface area contributed by atoms with Crippen LogP contribution in [0.25, 0.3) is 0 Å². The van der Waals surface area contributed by atoms with E-state index in [0.717, 1.165) is 5.69 Å². The molecule has 0 radical (unpaired) electrons. The number of anilines is 4. The number of carboxylic acids is 2. The highest BCUT2D eigenvalue weighted by Gasteiger charge is 2.27. The lowest BCUT2D eigenvalue weighted by molar-refractivity contribution is -0.140. The topological polar surface area (TPSA) is 203 Å². The summed E-state index contributed by atoms with van der Waals surface area (Å²) < 4.78 is 0. The molecule has 33 heavy (non-hydrogen) atoms. The van der Waals surface area contributed by atoms with E-state index in [2.05, 4.69) is 25.9 Å². The van der Waals surface area contributed by atoms with Crippen molar-refractivity contribution in [3.63, 3.8) is 0 Å². The van der Waals surface area contributed by atoms with Crippen molar-refractivity contribution in [1.82, 2.24) is 15.3 Å². The van der Waals surface area contributed by atoms with E-state index in [1.54, 1.807) is 19.2 Å². The van der Waals surface area contributed by atoms with E-state index in [1.807, 2.05) is 4.90 Å². The summed E-state index contributed by atoms with van der Waals surface area (Å²) in [6, 6.07) is 5.03. The molecule has 0 saturated carbocycles. The Labute approximate surface area is 188 Å². The van der Waals surface area contributed by atoms with Crippen molar-refractivity contribution in [3.05, 3.63) is 40.2 Å². The van der Waals surface area contributed by atoms with Gasteiger partial charge in [0.25, 0.3) is 11.5 Å². The molecule has 13 nitrogen and oxygen atoms in total. The highest BCUT2D eigenvalue weighted by atomic mass is 16.4. The average molecular weight is 459 g/mol. The van der Waals surface area contributed by atoms with Gasteiger partial charge in [-0.3, -0.25) is 19.4 Å². The van der Waals surface area contributed by atoms with E-state index < -0.39 is 23.9 Å². The summed E-state index contributed by atoms with van der Waals surface area (Å²) in [6.45, 7) is 1.01. The van der Waals surface area contributed by atoms with Gasteiger partial charge in [0.2, 0.25) is 5.95 Å². The second-order valence-corrected chi connectivity index (χ2v) is 7.55. The number of aliphatic carboxylic acids is 2. The Balaban J connectivity index is 1.58. The van der Waals surface area contributed by atoms with Gasteiger partial charge in [-0.2, -0.15) is 4.98 Å². The monoisotopic (exact) mass is 459 g/mol. The van der Waals surface area contributed by atoms with Gasteiger partial charge in [0.15, 0.2) is 5.82 Å². The van der Waals surface area contributed by atoms with Crippen LogP contribution in [-0.4, -0.2) is 70.2 Å². The lowest BCUT2D eigenvalue weighted by atomic mass is 10.1. The fraction of sp³-hybridized carbons (Fsp3) is 0.350. The number of fused-ring (bicyclic) bond motifs is 1. The maximum absolute atomic E-state index is 12.3. The SMILES string of the molecule is CN1c2c(nc(N)[nH]c2=O)NCC1CNc1ccc(C(=O)N[C@@H](CCC(=O)O)C(=O)O)cc1. The summed E-state index contributed by atoms with van der Waals surface area (Å²) in [4.78, 5) is 54.9. The summed E-state index contributed by atoms with van der Waals surface area (Å²) in [5, 5.41) is 26.6. The highest BCUT2D eigenvalue weighted by Crippen LogP contribution is 2.25. The van der Waals surface area contributed by atoms with Crippen molar-refractivity contribution < 1.29 is 24.6 Å². The molecule has 0 bridgehead atoms. The number of hydrogen-bond acceptors (Lipinski definition) is 9. The molecule has 0 fully saturated rings. The minimum atomic E-state index is -1.30. The molecule has 1 amide bonds. The number of carbonyl (C=O) groups excluding carboxylic acids is 1. The van der Waals surface area contributed by atoms with Crippen LogP contribution in [0.3, 0.4) is 0 Å². The number of rotatable bonds is 9. The fourth-order valence-electron chi connectivity index (χ4n) is 3.42. The highest BCUT2D eigenvalue weighted by molar-refractivity contribution is 5.96. The minimum absolute atomic E-state index is 0.0388. The van der Waals surface area contributed by atoms with Crippen LogP contribution in [0, 0.1) is 0 Å². The van der Waals surface area contributed by atoms with Crippen molar-refractivity contribution in [1.29, 1.82) is 0 Å². The van der Waals surface area contributed by atoms with Crippen LogP contribution in [0.2, 0.25) is 0 Å². The number of nitrogens with one attached hydrogen (secondary N) is 4. The number of carbonyl (C=O) groups is 3. The molecule has 1 unspecified atom stereocenters. The third-order valence-electron chi connectivity index (χ3n) is 5.26. The van der Waals surface area contributed by atoms with Gasteiger partial charge >= 0.3 is 11.9 Å². The number of H-pyrrole nitrogens is 1. The van der Waals surface area contributed by atoms with E-state index in [-0.39, 0.29) is 36.0 Å². The van der Waals surface area contributed by atoms with Gasteiger partial charge in [-0.1, -0.05) is 0 Å². The fourth-order valence-corrected chi connectivity index (χ4v) is 3.42. The van der Waals surface area contributed by atoms with Gasteiger partial charge in [-0.05, 0) is 30.7 Å². The van der Waals surface area contributed by atoms with E-state index in [1.165, 1.54) is 12.1 Å². The number of hydrogen-bond donors (Lipinski definition) is 7. The standard InChI is InChI=1S/C20H25N7O6/c1-27-12(9-23-16-15(27)18(31)26-20(21)25-16)8-22-11-4-2-10(3-5-11)17(30)24-13(19(32)33)6-7-14(28)29/h2-5,12-13,22H,6-9H2,1H3,(H,24,30)(H,28,29)(H,32,33)(H4,21,23,25,26,31)/t12?,13-/m0/s1. The van der Waals surface area contributed by atoms with Crippen LogP contribution in [0.5, 0.6) is 0 Å². The second-order valence-electron chi connectivity index (χ2n) is 7.55. The van der Waals surface area contributed by atoms with Gasteiger partial charge in [0, 0.05) is 37.8 Å². The van der Waals surface area contributed by atoms with Crippen molar-refractivity contribution in [3.8, 4) is 0 Å². The maximum atomic E-state index is 12.3. The molecule has 1 aliphatic rings. The molecule has 2 aromatic rings. The van der Waals surface area contributed by atoms with Gasteiger partial charge < -0.3 is 36.8 Å². The van der Waals surface area contributed by atoms with Gasteiger partial charge in [0.05, 0.1) is 6.04 Å². The first-order chi connectivity index (χ1) is 15.7. The second kappa shape index (κ2) is 9.89. The molecule has 2 atom stereocenters. The molecule has 13 heteroatoms. The summed E-state index contributed by atoms with van der Waals surface area (Å²) in [7, 11) is 1.79. The van der Waals surface area contributed by atoms with Gasteiger partial charge in [-0.25, -0.2) is 4.79 Å². The summed E-state index contributed by atoms with van der Waals surface area (Å²) in [5.74, 6) is -2.59. The molecule has 2 heterocycles. The van der Waals surface area contributed by atoms with Gasteiger partial charge in [-0.15, -0.1) is 0 Å². The molecule has 1 aromatic carbocycles. The molecule has 3 rings (SSSR count). The average Bonchev–Trinajstić information content (AvgIpc) is 2.75. The molecule has 0 aliphatic carbocycles. The first kappa shape index (κ1) is 23.4. The Kier molecular flexibility index (Phi) is 7.00. The third-order valence-corrected chi connectivity index (χ3v) is 5.26. The maximum Gasteiger partial charge on any atom is 0.326 e. The number of nitrogens with zero attached hydrogens (tertiary/aromatic N) is 2. The Hall–Kier alpha value is -4.29. The Morgan fingerprint density at radius 3 is 2.61 bits per heavy atom. The van der Waals surface area contributed by atoms with E-state index >= 15 is 0 Å². The predicted molar refractivity (Wildman–Crippen MR) is 121 cm³/mol. The number of aromatic amines is 1. The molecular formula is C20H25N7O6. The lowest BCUT2D eigenvalue weighted by Gasteiger charge is -2.35. The summed E-state index contributed by atoms with van der Waals surface area (Å²) >= 11 is 0. The largest absolute Gasteiger partial charge is 0.481 e. The predicted octanol–water partition coefficient (Wildman–Crippen LogP) is -0.258. The van der Waals surface area contributed by atoms with Crippen molar-refractivity contribution in [2.45, 2.75) is 24.9 Å². The van der Waals surface area contributed by atoms with Crippen molar-refractivity contribution in [2.75, 3.05) is 41.4 Å². The number of nitrogen functional groups attached to an aromatic ring is 1.